The molecule has 1 aromatic rings. The summed E-state index contributed by atoms with van der Waals surface area (Å²) in [6.45, 7) is 1.38. The van der Waals surface area contributed by atoms with Crippen molar-refractivity contribution in [2.24, 2.45) is 0 Å². The van der Waals surface area contributed by atoms with Gasteiger partial charge in [0.25, 0.3) is 0 Å². The Bertz CT molecular complexity index is 407. The zero-order chi connectivity index (χ0) is 13.2. The van der Waals surface area contributed by atoms with E-state index in [0.29, 0.717) is 18.2 Å². The minimum Gasteiger partial charge on any atom is -0.465 e. The number of nitrogens with one attached hydrogen (secondary N) is 1. The maximum atomic E-state index is 12.4. The quantitative estimate of drug-likeness (QED) is 0.881. The summed E-state index contributed by atoms with van der Waals surface area (Å²) in [4.78, 5) is 7.56. The molecule has 7 heteroatoms. The molecule has 1 atom stereocenters. The van der Waals surface area contributed by atoms with E-state index < -0.39 is 12.3 Å². The highest BCUT2D eigenvalue weighted by Gasteiger charge is 2.38. The average molecular weight is 261 g/mol. The van der Waals surface area contributed by atoms with E-state index in [-0.39, 0.29) is 5.88 Å². The third-order valence-electron chi connectivity index (χ3n) is 2.65. The molecule has 0 spiro atoms. The molecule has 1 saturated carbocycles. The Hall–Kier alpha value is -1.37. The molecule has 0 bridgehead atoms. The van der Waals surface area contributed by atoms with Crippen LogP contribution in [0.4, 0.5) is 13.2 Å². The minimum atomic E-state index is -4.40. The van der Waals surface area contributed by atoms with E-state index in [1.165, 1.54) is 12.5 Å². The second kappa shape index (κ2) is 5.09. The van der Waals surface area contributed by atoms with Crippen LogP contribution in [0.25, 0.3) is 0 Å². The average Bonchev–Trinajstić information content (AvgIpc) is 3.10. The van der Waals surface area contributed by atoms with E-state index in [1.54, 1.807) is 0 Å². The molecule has 1 fully saturated rings. The highest BCUT2D eigenvalue weighted by atomic mass is 19.4. The van der Waals surface area contributed by atoms with Crippen molar-refractivity contribution in [3.05, 3.63) is 18.1 Å². The van der Waals surface area contributed by atoms with Crippen LogP contribution in [-0.2, 0) is 6.54 Å². The van der Waals surface area contributed by atoms with Crippen LogP contribution in [0.1, 0.15) is 25.3 Å². The van der Waals surface area contributed by atoms with Crippen molar-refractivity contribution >= 4 is 0 Å². The standard InChI is InChI=1S/C11H14F3N3O/c1-7(11(12,13)14)18-10-8(4-15-6-17-10)5-16-9-2-3-9/h4,6-7,9,16H,2-3,5H2,1H3. The molecule has 0 saturated heterocycles. The smallest absolute Gasteiger partial charge is 0.425 e. The lowest BCUT2D eigenvalue weighted by atomic mass is 10.3. The molecule has 100 valence electrons. The fourth-order valence-corrected chi connectivity index (χ4v) is 1.35. The molecule has 1 N–H and O–H groups in total. The van der Waals surface area contributed by atoms with Crippen molar-refractivity contribution in [1.82, 2.24) is 15.3 Å². The lowest BCUT2D eigenvalue weighted by molar-refractivity contribution is -0.190. The van der Waals surface area contributed by atoms with Gasteiger partial charge < -0.3 is 10.1 Å². The van der Waals surface area contributed by atoms with Gasteiger partial charge in [-0.3, -0.25) is 0 Å². The van der Waals surface area contributed by atoms with Crippen molar-refractivity contribution in [2.75, 3.05) is 0 Å². The Balaban J connectivity index is 2.01. The van der Waals surface area contributed by atoms with E-state index >= 15 is 0 Å². The topological polar surface area (TPSA) is 47.0 Å². The van der Waals surface area contributed by atoms with Crippen LogP contribution in [0.5, 0.6) is 5.88 Å². The van der Waals surface area contributed by atoms with Gasteiger partial charge in [0.1, 0.15) is 6.33 Å². The third kappa shape index (κ3) is 3.56. The summed E-state index contributed by atoms with van der Waals surface area (Å²) >= 11 is 0. The fourth-order valence-electron chi connectivity index (χ4n) is 1.35. The maximum absolute atomic E-state index is 12.4. The molecular weight excluding hydrogens is 247 g/mol. The molecule has 4 nitrogen and oxygen atoms in total. The first-order valence-electron chi connectivity index (χ1n) is 5.72. The fraction of sp³-hybridized carbons (Fsp3) is 0.636. The Labute approximate surface area is 103 Å². The second-order valence-corrected chi connectivity index (χ2v) is 4.31. The zero-order valence-corrected chi connectivity index (χ0v) is 9.87. The molecule has 2 rings (SSSR count). The highest BCUT2D eigenvalue weighted by molar-refractivity contribution is 5.22. The van der Waals surface area contributed by atoms with Gasteiger partial charge in [0.05, 0.1) is 0 Å². The molecule has 0 radical (unpaired) electrons. The highest BCUT2D eigenvalue weighted by Crippen LogP contribution is 2.26. The SMILES string of the molecule is CC(Oc1ncncc1CNC1CC1)C(F)(F)F. The molecule has 0 amide bonds. The monoisotopic (exact) mass is 261 g/mol. The minimum absolute atomic E-state index is 0.0111. The van der Waals surface area contributed by atoms with E-state index in [1.807, 2.05) is 0 Å². The molecule has 1 unspecified atom stereocenters. The molecule has 1 heterocycles. The largest absolute Gasteiger partial charge is 0.465 e. The molecule has 1 aliphatic carbocycles. The normalized spacial score (nSPS) is 17.6. The van der Waals surface area contributed by atoms with Gasteiger partial charge in [0, 0.05) is 24.3 Å². The van der Waals surface area contributed by atoms with Crippen molar-refractivity contribution in [2.45, 2.75) is 44.6 Å². The van der Waals surface area contributed by atoms with Gasteiger partial charge in [-0.25, -0.2) is 9.97 Å². The molecule has 0 aromatic carbocycles. The van der Waals surface area contributed by atoms with E-state index in [2.05, 4.69) is 15.3 Å². The third-order valence-corrected chi connectivity index (χ3v) is 2.65. The lowest BCUT2D eigenvalue weighted by Gasteiger charge is -2.18. The number of nitrogens with zero attached hydrogens (tertiary/aromatic N) is 2. The number of rotatable bonds is 5. The molecular formula is C11H14F3N3O. The van der Waals surface area contributed by atoms with Gasteiger partial charge >= 0.3 is 6.18 Å². The van der Waals surface area contributed by atoms with E-state index in [9.17, 15) is 13.2 Å². The Morgan fingerprint density at radius 1 is 1.50 bits per heavy atom. The van der Waals surface area contributed by atoms with Crippen LogP contribution in [0.3, 0.4) is 0 Å². The molecule has 1 aliphatic rings. The number of alkyl halides is 3. The van der Waals surface area contributed by atoms with E-state index in [0.717, 1.165) is 19.8 Å². The van der Waals surface area contributed by atoms with Crippen LogP contribution in [0, 0.1) is 0 Å². The summed E-state index contributed by atoms with van der Waals surface area (Å²) in [5, 5.41) is 3.18. The van der Waals surface area contributed by atoms with Gasteiger partial charge in [-0.2, -0.15) is 13.2 Å². The first-order chi connectivity index (χ1) is 8.47. The van der Waals surface area contributed by atoms with Crippen LogP contribution in [0.15, 0.2) is 12.5 Å². The number of aromatic nitrogens is 2. The van der Waals surface area contributed by atoms with Crippen molar-refractivity contribution in [3.8, 4) is 5.88 Å². The van der Waals surface area contributed by atoms with Crippen molar-refractivity contribution < 1.29 is 17.9 Å². The number of halogens is 3. The maximum Gasteiger partial charge on any atom is 0.425 e. The molecule has 1 aromatic heterocycles. The number of ether oxygens (including phenoxy) is 1. The Morgan fingerprint density at radius 3 is 2.83 bits per heavy atom. The lowest BCUT2D eigenvalue weighted by Crippen LogP contribution is -2.32. The van der Waals surface area contributed by atoms with Gasteiger partial charge in [0.2, 0.25) is 5.88 Å². The summed E-state index contributed by atoms with van der Waals surface area (Å²) in [5.41, 5.74) is 0.542. The molecule has 0 aliphatic heterocycles. The first-order valence-corrected chi connectivity index (χ1v) is 5.72. The number of hydrogen-bond donors (Lipinski definition) is 1. The van der Waals surface area contributed by atoms with Crippen molar-refractivity contribution in [1.29, 1.82) is 0 Å². The van der Waals surface area contributed by atoms with Crippen LogP contribution in [0.2, 0.25) is 0 Å². The second-order valence-electron chi connectivity index (χ2n) is 4.31. The summed E-state index contributed by atoms with van der Waals surface area (Å²) in [5.74, 6) is -0.0111. The first kappa shape index (κ1) is 13.1. The van der Waals surface area contributed by atoms with Gasteiger partial charge in [-0.05, 0) is 19.8 Å². The molecule has 18 heavy (non-hydrogen) atoms. The summed E-state index contributed by atoms with van der Waals surface area (Å²) in [7, 11) is 0. The summed E-state index contributed by atoms with van der Waals surface area (Å²) in [6.07, 6.45) is -1.43. The Kier molecular flexibility index (Phi) is 3.70. The van der Waals surface area contributed by atoms with Crippen LogP contribution < -0.4 is 10.1 Å². The Morgan fingerprint density at radius 2 is 2.22 bits per heavy atom. The van der Waals surface area contributed by atoms with Crippen LogP contribution in [-0.4, -0.2) is 28.3 Å². The van der Waals surface area contributed by atoms with E-state index in [4.69, 9.17) is 4.74 Å². The summed E-state index contributed by atoms with van der Waals surface area (Å²) < 4.78 is 42.1. The predicted octanol–water partition coefficient (Wildman–Crippen LogP) is 2.06. The van der Waals surface area contributed by atoms with Gasteiger partial charge in [0.15, 0.2) is 6.10 Å². The zero-order valence-electron chi connectivity index (χ0n) is 9.87. The summed E-state index contributed by atoms with van der Waals surface area (Å²) in [6, 6.07) is 0.457. The van der Waals surface area contributed by atoms with Crippen molar-refractivity contribution in [3.63, 3.8) is 0 Å². The van der Waals surface area contributed by atoms with Crippen LogP contribution >= 0.6 is 0 Å². The predicted molar refractivity (Wildman–Crippen MR) is 58.0 cm³/mol. The van der Waals surface area contributed by atoms with Gasteiger partial charge in [-0.15, -0.1) is 0 Å². The van der Waals surface area contributed by atoms with Gasteiger partial charge in [-0.1, -0.05) is 0 Å². The number of hydrogen-bond acceptors (Lipinski definition) is 4.